The zero-order chi connectivity index (χ0) is 15.9. The fourth-order valence-electron chi connectivity index (χ4n) is 2.47. The molecular weight excluding hydrogens is 506 g/mol. The normalized spacial score (nSPS) is 11.3. The standard InChI is InChI=1S/C17H14I2O3/c1-9-3-5-14(21-9)16(15-6-4-10(2)22-15)12-7-11(18)8-13(19)17(12)20/h3-8,16,20H,1-2H3. The number of halogens is 2. The van der Waals surface area contributed by atoms with Gasteiger partial charge in [-0.25, -0.2) is 0 Å². The average molecular weight is 520 g/mol. The van der Waals surface area contributed by atoms with Gasteiger partial charge in [0.1, 0.15) is 34.7 Å². The van der Waals surface area contributed by atoms with Crippen LogP contribution in [0.25, 0.3) is 0 Å². The van der Waals surface area contributed by atoms with Crippen molar-refractivity contribution < 1.29 is 13.9 Å². The zero-order valence-corrected chi connectivity index (χ0v) is 16.4. The zero-order valence-electron chi connectivity index (χ0n) is 12.1. The number of furan rings is 2. The molecule has 0 atom stereocenters. The first-order valence-corrected chi connectivity index (χ1v) is 8.92. The molecule has 22 heavy (non-hydrogen) atoms. The lowest BCUT2D eigenvalue weighted by Crippen LogP contribution is -2.03. The maximum absolute atomic E-state index is 10.5. The molecule has 0 saturated carbocycles. The Kier molecular flexibility index (Phi) is 4.54. The number of hydrogen-bond acceptors (Lipinski definition) is 3. The van der Waals surface area contributed by atoms with Crippen molar-refractivity contribution in [3.8, 4) is 5.75 Å². The molecule has 2 aromatic heterocycles. The van der Waals surface area contributed by atoms with Gasteiger partial charge in [-0.05, 0) is 95.4 Å². The van der Waals surface area contributed by atoms with Crippen molar-refractivity contribution in [3.63, 3.8) is 0 Å². The smallest absolute Gasteiger partial charge is 0.133 e. The van der Waals surface area contributed by atoms with Gasteiger partial charge in [0.05, 0.1) is 3.57 Å². The molecule has 0 saturated heterocycles. The van der Waals surface area contributed by atoms with Crippen LogP contribution in [0.15, 0.2) is 45.2 Å². The second kappa shape index (κ2) is 6.27. The van der Waals surface area contributed by atoms with Gasteiger partial charge in [-0.3, -0.25) is 0 Å². The van der Waals surface area contributed by atoms with Crippen LogP contribution in [0.5, 0.6) is 5.75 Å². The van der Waals surface area contributed by atoms with Crippen LogP contribution in [0.3, 0.4) is 0 Å². The van der Waals surface area contributed by atoms with E-state index in [9.17, 15) is 5.11 Å². The predicted molar refractivity (Wildman–Crippen MR) is 101 cm³/mol. The summed E-state index contributed by atoms with van der Waals surface area (Å²) < 4.78 is 13.5. The van der Waals surface area contributed by atoms with E-state index < -0.39 is 0 Å². The van der Waals surface area contributed by atoms with E-state index >= 15 is 0 Å². The Morgan fingerprint density at radius 2 is 1.45 bits per heavy atom. The van der Waals surface area contributed by atoms with Crippen LogP contribution < -0.4 is 0 Å². The molecule has 0 spiro atoms. The number of rotatable bonds is 3. The quantitative estimate of drug-likeness (QED) is 0.459. The minimum Gasteiger partial charge on any atom is -0.507 e. The van der Waals surface area contributed by atoms with E-state index in [0.29, 0.717) is 0 Å². The summed E-state index contributed by atoms with van der Waals surface area (Å²) in [6, 6.07) is 11.6. The minimum absolute atomic E-state index is 0.259. The largest absolute Gasteiger partial charge is 0.507 e. The molecule has 3 aromatic rings. The summed E-state index contributed by atoms with van der Waals surface area (Å²) in [5.41, 5.74) is 0.792. The molecule has 0 unspecified atom stereocenters. The number of benzene rings is 1. The third-order valence-corrected chi connectivity index (χ3v) is 4.91. The van der Waals surface area contributed by atoms with Crippen LogP contribution in [0.1, 0.15) is 34.5 Å². The van der Waals surface area contributed by atoms with Gasteiger partial charge >= 0.3 is 0 Å². The van der Waals surface area contributed by atoms with Gasteiger partial charge in [0.2, 0.25) is 0 Å². The van der Waals surface area contributed by atoms with Gasteiger partial charge < -0.3 is 13.9 Å². The summed E-state index contributed by atoms with van der Waals surface area (Å²) >= 11 is 4.40. The van der Waals surface area contributed by atoms with E-state index in [4.69, 9.17) is 8.83 Å². The van der Waals surface area contributed by atoms with E-state index in [2.05, 4.69) is 45.2 Å². The molecule has 1 N–H and O–H groups in total. The van der Waals surface area contributed by atoms with Crippen LogP contribution >= 0.6 is 45.2 Å². The summed E-state index contributed by atoms with van der Waals surface area (Å²) in [6.07, 6.45) is 0. The lowest BCUT2D eigenvalue weighted by Gasteiger charge is -2.16. The molecule has 0 fully saturated rings. The summed E-state index contributed by atoms with van der Waals surface area (Å²) in [5, 5.41) is 10.5. The third-order valence-electron chi connectivity index (χ3n) is 3.46. The Morgan fingerprint density at radius 3 is 1.91 bits per heavy atom. The SMILES string of the molecule is Cc1ccc(C(c2ccc(C)o2)c2cc(I)cc(I)c2O)o1. The monoisotopic (exact) mass is 520 g/mol. The molecular formula is C17H14I2O3. The van der Waals surface area contributed by atoms with Gasteiger partial charge in [0, 0.05) is 9.13 Å². The number of aromatic hydroxyl groups is 1. The van der Waals surface area contributed by atoms with Crippen molar-refractivity contribution in [1.29, 1.82) is 0 Å². The molecule has 0 radical (unpaired) electrons. The van der Waals surface area contributed by atoms with Crippen LogP contribution in [-0.2, 0) is 0 Å². The van der Waals surface area contributed by atoms with Crippen LogP contribution in [0.2, 0.25) is 0 Å². The van der Waals surface area contributed by atoms with Gasteiger partial charge in [-0.1, -0.05) is 0 Å². The Balaban J connectivity index is 2.22. The Labute approximate surface area is 156 Å². The highest BCUT2D eigenvalue weighted by Crippen LogP contribution is 2.40. The number of hydrogen-bond donors (Lipinski definition) is 1. The highest BCUT2D eigenvalue weighted by atomic mass is 127. The van der Waals surface area contributed by atoms with E-state index in [1.807, 2.05) is 50.2 Å². The second-order valence-corrected chi connectivity index (χ2v) is 7.56. The molecule has 0 amide bonds. The first-order valence-electron chi connectivity index (χ1n) is 6.76. The van der Waals surface area contributed by atoms with Crippen LogP contribution in [0, 0.1) is 21.0 Å². The molecule has 0 aliphatic heterocycles. The number of phenolic OH excluding ortho intramolecular Hbond substituents is 1. The van der Waals surface area contributed by atoms with E-state index in [1.165, 1.54) is 0 Å². The lowest BCUT2D eigenvalue weighted by atomic mass is 9.93. The summed E-state index contributed by atoms with van der Waals surface area (Å²) in [4.78, 5) is 0. The number of aryl methyl sites for hydroxylation is 2. The van der Waals surface area contributed by atoms with E-state index in [1.54, 1.807) is 0 Å². The van der Waals surface area contributed by atoms with E-state index in [0.717, 1.165) is 35.7 Å². The molecule has 2 heterocycles. The summed E-state index contributed by atoms with van der Waals surface area (Å²) in [6.45, 7) is 3.82. The Hall–Kier alpha value is -0.960. The van der Waals surface area contributed by atoms with Crippen molar-refractivity contribution in [2.24, 2.45) is 0 Å². The Bertz CT molecular complexity index is 777. The van der Waals surface area contributed by atoms with Crippen LogP contribution in [0.4, 0.5) is 0 Å². The molecule has 114 valence electrons. The predicted octanol–water partition coefficient (Wildman–Crippen LogP) is 5.58. The van der Waals surface area contributed by atoms with Crippen LogP contribution in [-0.4, -0.2) is 5.11 Å². The number of phenols is 1. The van der Waals surface area contributed by atoms with Crippen molar-refractivity contribution in [3.05, 3.63) is 72.1 Å². The van der Waals surface area contributed by atoms with Gasteiger partial charge in [0.15, 0.2) is 0 Å². The van der Waals surface area contributed by atoms with Crippen molar-refractivity contribution in [2.45, 2.75) is 19.8 Å². The first kappa shape index (κ1) is 15.9. The van der Waals surface area contributed by atoms with E-state index in [-0.39, 0.29) is 11.7 Å². The molecule has 5 heteroatoms. The Morgan fingerprint density at radius 1 is 0.909 bits per heavy atom. The third kappa shape index (κ3) is 3.05. The van der Waals surface area contributed by atoms with Gasteiger partial charge in [0.25, 0.3) is 0 Å². The molecule has 3 rings (SSSR count). The molecule has 0 aliphatic rings. The fourth-order valence-corrected chi connectivity index (χ4v) is 4.36. The summed E-state index contributed by atoms with van der Waals surface area (Å²) in [7, 11) is 0. The van der Waals surface area contributed by atoms with Gasteiger partial charge in [-0.15, -0.1) is 0 Å². The fraction of sp³-hybridized carbons (Fsp3) is 0.176. The summed E-state index contributed by atoms with van der Waals surface area (Å²) in [5.74, 6) is 3.21. The van der Waals surface area contributed by atoms with Gasteiger partial charge in [-0.2, -0.15) is 0 Å². The first-order chi connectivity index (χ1) is 10.5. The molecule has 0 aliphatic carbocycles. The lowest BCUT2D eigenvalue weighted by molar-refractivity contribution is 0.413. The maximum Gasteiger partial charge on any atom is 0.133 e. The molecule has 3 nitrogen and oxygen atoms in total. The van der Waals surface area contributed by atoms with Crippen molar-refractivity contribution in [2.75, 3.05) is 0 Å². The minimum atomic E-state index is -0.259. The maximum atomic E-state index is 10.5. The second-order valence-electron chi connectivity index (χ2n) is 5.16. The highest BCUT2D eigenvalue weighted by molar-refractivity contribution is 14.1. The average Bonchev–Trinajstić information content (AvgIpc) is 3.05. The topological polar surface area (TPSA) is 46.5 Å². The molecule has 1 aromatic carbocycles. The van der Waals surface area contributed by atoms with Crippen molar-refractivity contribution in [1.82, 2.24) is 0 Å². The molecule has 0 bridgehead atoms. The highest BCUT2D eigenvalue weighted by Gasteiger charge is 2.27. The van der Waals surface area contributed by atoms with Crippen molar-refractivity contribution >= 4 is 45.2 Å².